The Labute approximate surface area is 169 Å². The van der Waals surface area contributed by atoms with Crippen molar-refractivity contribution in [2.24, 2.45) is 0 Å². The van der Waals surface area contributed by atoms with Crippen LogP contribution in [0.5, 0.6) is 0 Å². The van der Waals surface area contributed by atoms with E-state index in [9.17, 15) is 9.46 Å². The second kappa shape index (κ2) is 17.0. The largest absolute Gasteiger partial charge is 0.756 e. The number of rotatable bonds is 20. The summed E-state index contributed by atoms with van der Waals surface area (Å²) in [5.74, 6) is 0. The lowest BCUT2D eigenvalue weighted by Crippen LogP contribution is -2.43. The molecule has 0 amide bonds. The molecule has 0 heterocycles. The van der Waals surface area contributed by atoms with Crippen LogP contribution in [-0.4, -0.2) is 44.9 Å². The van der Waals surface area contributed by atoms with Crippen LogP contribution in [0, 0.1) is 0 Å². The molecule has 0 N–H and O–H groups in total. The van der Waals surface area contributed by atoms with E-state index in [1.54, 1.807) is 0 Å². The van der Waals surface area contributed by atoms with E-state index in [-0.39, 0.29) is 13.2 Å². The van der Waals surface area contributed by atoms with Crippen molar-refractivity contribution in [2.45, 2.75) is 97.3 Å². The number of quaternary nitrogens is 1. The van der Waals surface area contributed by atoms with Crippen LogP contribution in [0.2, 0.25) is 0 Å². The molecule has 0 radical (unpaired) electrons. The Morgan fingerprint density at radius 1 is 0.667 bits per heavy atom. The van der Waals surface area contributed by atoms with Gasteiger partial charge < -0.3 is 18.4 Å². The summed E-state index contributed by atoms with van der Waals surface area (Å²) < 4.78 is 22.6. The lowest BCUT2D eigenvalue weighted by molar-refractivity contribution is -0.890. The summed E-state index contributed by atoms with van der Waals surface area (Å²) in [6, 6.07) is 0. The lowest BCUT2D eigenvalue weighted by atomic mass is 10.1. The lowest BCUT2D eigenvalue weighted by Gasteiger charge is -2.31. The highest BCUT2D eigenvalue weighted by Gasteiger charge is 2.17. The van der Waals surface area contributed by atoms with Crippen LogP contribution in [0.1, 0.15) is 97.3 Å². The normalized spacial score (nSPS) is 14.4. The molecule has 0 rings (SSSR count). The van der Waals surface area contributed by atoms with Gasteiger partial charge in [-0.15, -0.1) is 0 Å². The standard InChI is InChI=1S/C21H46NO4P/c1-5-7-9-11-12-13-15-17-20-25-27(23,24)26-21-19-22(3,4)18-16-14-10-8-6-2/h5-21H2,1-4H3. The predicted octanol–water partition coefficient (Wildman–Crippen LogP) is 5.68. The highest BCUT2D eigenvalue weighted by Crippen LogP contribution is 2.38. The van der Waals surface area contributed by atoms with Crippen LogP contribution < -0.4 is 4.89 Å². The quantitative estimate of drug-likeness (QED) is 0.148. The van der Waals surface area contributed by atoms with Crippen molar-refractivity contribution in [3.63, 3.8) is 0 Å². The van der Waals surface area contributed by atoms with Gasteiger partial charge in [-0.3, -0.25) is 4.57 Å². The van der Waals surface area contributed by atoms with E-state index >= 15 is 0 Å². The highest BCUT2D eigenvalue weighted by molar-refractivity contribution is 7.45. The molecule has 0 aromatic heterocycles. The molecule has 0 aliphatic rings. The number of likely N-dealkylation sites (N-methyl/N-ethyl adjacent to an activating group) is 1. The van der Waals surface area contributed by atoms with Gasteiger partial charge in [0.1, 0.15) is 13.2 Å². The summed E-state index contributed by atoms with van der Waals surface area (Å²) in [5.41, 5.74) is 0. The molecule has 0 aromatic rings. The predicted molar refractivity (Wildman–Crippen MR) is 113 cm³/mol. The van der Waals surface area contributed by atoms with E-state index in [0.29, 0.717) is 6.54 Å². The number of unbranched alkanes of at least 4 members (excludes halogenated alkanes) is 11. The monoisotopic (exact) mass is 407 g/mol. The Kier molecular flexibility index (Phi) is 17.0. The Balaban J connectivity index is 3.67. The van der Waals surface area contributed by atoms with Gasteiger partial charge >= 0.3 is 0 Å². The zero-order valence-corrected chi connectivity index (χ0v) is 19.4. The first-order chi connectivity index (χ1) is 12.8. The Morgan fingerprint density at radius 3 is 1.67 bits per heavy atom. The molecular weight excluding hydrogens is 361 g/mol. The number of phosphoric acid groups is 1. The van der Waals surface area contributed by atoms with Crippen LogP contribution in [0.25, 0.3) is 0 Å². The second-order valence-corrected chi connectivity index (χ2v) is 9.80. The minimum absolute atomic E-state index is 0.195. The molecule has 0 aliphatic carbocycles. The minimum Gasteiger partial charge on any atom is -0.756 e. The molecule has 1 unspecified atom stereocenters. The summed E-state index contributed by atoms with van der Waals surface area (Å²) >= 11 is 0. The van der Waals surface area contributed by atoms with E-state index in [1.165, 1.54) is 64.2 Å². The molecule has 0 aliphatic heterocycles. The number of hydrogen-bond donors (Lipinski definition) is 0. The van der Waals surface area contributed by atoms with Gasteiger partial charge in [0.2, 0.25) is 0 Å². The van der Waals surface area contributed by atoms with Crippen molar-refractivity contribution in [1.29, 1.82) is 0 Å². The van der Waals surface area contributed by atoms with Gasteiger partial charge in [0.15, 0.2) is 0 Å². The molecule has 164 valence electrons. The topological polar surface area (TPSA) is 58.6 Å². The van der Waals surface area contributed by atoms with Crippen LogP contribution in [0.4, 0.5) is 0 Å². The minimum atomic E-state index is -4.15. The van der Waals surface area contributed by atoms with E-state index in [4.69, 9.17) is 9.05 Å². The maximum Gasteiger partial charge on any atom is 0.268 e. The molecule has 0 saturated heterocycles. The third-order valence-electron chi connectivity index (χ3n) is 5.06. The van der Waals surface area contributed by atoms with Crippen molar-refractivity contribution in [1.82, 2.24) is 0 Å². The smallest absolute Gasteiger partial charge is 0.268 e. The van der Waals surface area contributed by atoms with Gasteiger partial charge in [-0.1, -0.05) is 78.1 Å². The van der Waals surface area contributed by atoms with Crippen molar-refractivity contribution >= 4 is 7.82 Å². The molecular formula is C21H46NO4P. The highest BCUT2D eigenvalue weighted by atomic mass is 31.2. The van der Waals surface area contributed by atoms with E-state index in [2.05, 4.69) is 27.9 Å². The molecule has 5 nitrogen and oxygen atoms in total. The van der Waals surface area contributed by atoms with E-state index in [1.807, 2.05) is 0 Å². The zero-order valence-electron chi connectivity index (χ0n) is 18.5. The molecule has 0 fully saturated rings. The van der Waals surface area contributed by atoms with Gasteiger partial charge in [-0.05, 0) is 19.3 Å². The molecule has 0 bridgehead atoms. The molecule has 6 heteroatoms. The maximum absolute atomic E-state index is 11.8. The van der Waals surface area contributed by atoms with Gasteiger partial charge in [0.25, 0.3) is 7.82 Å². The number of nitrogens with zero attached hydrogens (tertiary/aromatic N) is 1. The van der Waals surface area contributed by atoms with Gasteiger partial charge in [0.05, 0.1) is 27.2 Å². The summed E-state index contributed by atoms with van der Waals surface area (Å²) in [7, 11) is 0.101. The van der Waals surface area contributed by atoms with Gasteiger partial charge in [-0.2, -0.15) is 0 Å². The van der Waals surface area contributed by atoms with Crippen molar-refractivity contribution in [3.05, 3.63) is 0 Å². The maximum atomic E-state index is 11.8. The van der Waals surface area contributed by atoms with Crippen LogP contribution in [0.3, 0.4) is 0 Å². The van der Waals surface area contributed by atoms with Crippen LogP contribution in [-0.2, 0) is 13.6 Å². The molecule has 0 aromatic carbocycles. The molecule has 0 saturated carbocycles. The molecule has 0 spiro atoms. The van der Waals surface area contributed by atoms with Crippen LogP contribution >= 0.6 is 7.82 Å². The zero-order chi connectivity index (χ0) is 20.4. The fourth-order valence-electron chi connectivity index (χ4n) is 3.10. The van der Waals surface area contributed by atoms with Gasteiger partial charge in [0, 0.05) is 0 Å². The number of phosphoric ester groups is 1. The third-order valence-corrected chi connectivity index (χ3v) is 6.06. The fourth-order valence-corrected chi connectivity index (χ4v) is 3.84. The number of hydrogen-bond acceptors (Lipinski definition) is 4. The first-order valence-electron chi connectivity index (χ1n) is 11.2. The van der Waals surface area contributed by atoms with E-state index < -0.39 is 7.82 Å². The summed E-state index contributed by atoms with van der Waals surface area (Å²) in [4.78, 5) is 11.8. The SMILES string of the molecule is CCCCCCCCCCOP(=O)([O-])OCC[N+](C)(C)CCCCCCC. The summed E-state index contributed by atoms with van der Waals surface area (Å²) in [5, 5.41) is 0. The molecule has 1 atom stereocenters. The second-order valence-electron chi connectivity index (χ2n) is 8.39. The summed E-state index contributed by atoms with van der Waals surface area (Å²) in [6.07, 6.45) is 15.6. The average Bonchev–Trinajstić information content (AvgIpc) is 2.59. The Hall–Kier alpha value is 0.0700. The van der Waals surface area contributed by atoms with Crippen molar-refractivity contribution in [3.8, 4) is 0 Å². The van der Waals surface area contributed by atoms with Gasteiger partial charge in [-0.25, -0.2) is 0 Å². The van der Waals surface area contributed by atoms with E-state index in [0.717, 1.165) is 30.3 Å². The first kappa shape index (κ1) is 27.1. The van der Waals surface area contributed by atoms with Crippen LogP contribution in [0.15, 0.2) is 0 Å². The molecule has 27 heavy (non-hydrogen) atoms. The van der Waals surface area contributed by atoms with Crippen molar-refractivity contribution in [2.75, 3.05) is 40.4 Å². The Bertz CT molecular complexity index is 377. The fraction of sp³-hybridized carbons (Fsp3) is 1.00. The van der Waals surface area contributed by atoms with Crippen molar-refractivity contribution < 1.29 is 23.0 Å². The Morgan fingerprint density at radius 2 is 1.11 bits per heavy atom. The summed E-state index contributed by atoms with van der Waals surface area (Å²) in [6.45, 7) is 6.60. The third kappa shape index (κ3) is 19.2. The first-order valence-corrected chi connectivity index (χ1v) is 12.7. The average molecular weight is 408 g/mol.